The van der Waals surface area contributed by atoms with Crippen molar-refractivity contribution in [3.63, 3.8) is 0 Å². The lowest BCUT2D eigenvalue weighted by atomic mass is 9.63. The van der Waals surface area contributed by atoms with Gasteiger partial charge in [0.05, 0.1) is 6.61 Å². The summed E-state index contributed by atoms with van der Waals surface area (Å²) >= 11 is 0. The molecule has 144 valence electrons. The van der Waals surface area contributed by atoms with Crippen molar-refractivity contribution >= 4 is 11.7 Å². The summed E-state index contributed by atoms with van der Waals surface area (Å²) in [7, 11) is 0. The quantitative estimate of drug-likeness (QED) is 0.806. The van der Waals surface area contributed by atoms with Gasteiger partial charge in [0.15, 0.2) is 0 Å². The SMILES string of the molecule is CCOc1cc(NC2CCN(C(=O)C3(CC(C)C)CCC3)CC2)ncn1. The number of hydrogen-bond donors (Lipinski definition) is 1. The van der Waals surface area contributed by atoms with E-state index in [1.54, 1.807) is 0 Å². The second-order valence-corrected chi connectivity index (χ2v) is 8.12. The fraction of sp³-hybridized carbons (Fsp3) is 0.750. The zero-order valence-electron chi connectivity index (χ0n) is 16.3. The molecule has 0 atom stereocenters. The Morgan fingerprint density at radius 1 is 1.35 bits per heavy atom. The van der Waals surface area contributed by atoms with Gasteiger partial charge in [-0.25, -0.2) is 9.97 Å². The minimum Gasteiger partial charge on any atom is -0.478 e. The van der Waals surface area contributed by atoms with Gasteiger partial charge in [-0.3, -0.25) is 4.79 Å². The van der Waals surface area contributed by atoms with Gasteiger partial charge in [-0.2, -0.15) is 0 Å². The Bertz CT molecular complexity index is 608. The summed E-state index contributed by atoms with van der Waals surface area (Å²) in [4.78, 5) is 23.6. The molecule has 26 heavy (non-hydrogen) atoms. The highest BCUT2D eigenvalue weighted by Crippen LogP contribution is 2.47. The second kappa shape index (κ2) is 8.23. The summed E-state index contributed by atoms with van der Waals surface area (Å²) in [6.45, 7) is 8.65. The minimum atomic E-state index is -0.0620. The van der Waals surface area contributed by atoms with Crippen LogP contribution >= 0.6 is 0 Å². The first kappa shape index (κ1) is 18.9. The standard InChI is InChI=1S/C20H32N4O2/c1-4-26-18-12-17(21-14-22-18)23-16-6-10-24(11-7-16)19(25)20(8-5-9-20)13-15(2)3/h12,14-16H,4-11,13H2,1-3H3,(H,21,22,23). The van der Waals surface area contributed by atoms with E-state index in [0.29, 0.717) is 30.4 Å². The number of likely N-dealkylation sites (tertiary alicyclic amines) is 1. The minimum absolute atomic E-state index is 0.0620. The molecule has 2 heterocycles. The maximum Gasteiger partial charge on any atom is 0.228 e. The number of carbonyl (C=O) groups excluding carboxylic acids is 1. The van der Waals surface area contributed by atoms with Crippen molar-refractivity contribution in [3.05, 3.63) is 12.4 Å². The molecule has 6 heteroatoms. The largest absolute Gasteiger partial charge is 0.478 e. The number of anilines is 1. The van der Waals surface area contributed by atoms with Gasteiger partial charge in [-0.05, 0) is 44.9 Å². The Balaban J connectivity index is 1.52. The van der Waals surface area contributed by atoms with Crippen LogP contribution in [0.3, 0.4) is 0 Å². The Hall–Kier alpha value is -1.85. The highest BCUT2D eigenvalue weighted by atomic mass is 16.5. The lowest BCUT2D eigenvalue weighted by Crippen LogP contribution is -2.52. The van der Waals surface area contributed by atoms with Crippen molar-refractivity contribution in [1.29, 1.82) is 0 Å². The number of rotatable bonds is 7. The lowest BCUT2D eigenvalue weighted by molar-refractivity contribution is -0.150. The van der Waals surface area contributed by atoms with Crippen LogP contribution in [0, 0.1) is 11.3 Å². The third-order valence-electron chi connectivity index (χ3n) is 5.63. The summed E-state index contributed by atoms with van der Waals surface area (Å²) in [5.74, 6) is 2.37. The summed E-state index contributed by atoms with van der Waals surface area (Å²) < 4.78 is 5.43. The number of hydrogen-bond acceptors (Lipinski definition) is 5. The van der Waals surface area contributed by atoms with E-state index < -0.39 is 0 Å². The number of carbonyl (C=O) groups is 1. The van der Waals surface area contributed by atoms with Crippen LogP contribution in [0.4, 0.5) is 5.82 Å². The van der Waals surface area contributed by atoms with E-state index in [-0.39, 0.29) is 5.41 Å². The maximum atomic E-state index is 13.1. The van der Waals surface area contributed by atoms with Gasteiger partial charge in [0.2, 0.25) is 11.8 Å². The van der Waals surface area contributed by atoms with Crippen LogP contribution in [0.5, 0.6) is 5.88 Å². The molecule has 3 rings (SSSR count). The van der Waals surface area contributed by atoms with Crippen LogP contribution in [-0.2, 0) is 4.79 Å². The molecule has 0 spiro atoms. The second-order valence-electron chi connectivity index (χ2n) is 8.12. The summed E-state index contributed by atoms with van der Waals surface area (Å²) in [5, 5.41) is 3.47. The molecular formula is C20H32N4O2. The molecule has 2 aliphatic rings. The average molecular weight is 361 g/mol. The van der Waals surface area contributed by atoms with E-state index in [1.165, 1.54) is 12.7 Å². The van der Waals surface area contributed by atoms with E-state index >= 15 is 0 Å². The van der Waals surface area contributed by atoms with Crippen LogP contribution in [-0.4, -0.2) is 46.5 Å². The molecule has 6 nitrogen and oxygen atoms in total. The smallest absolute Gasteiger partial charge is 0.228 e. The molecule has 1 N–H and O–H groups in total. The van der Waals surface area contributed by atoms with Crippen molar-refractivity contribution in [2.75, 3.05) is 25.0 Å². The van der Waals surface area contributed by atoms with E-state index in [0.717, 1.165) is 51.0 Å². The third-order valence-corrected chi connectivity index (χ3v) is 5.63. The van der Waals surface area contributed by atoms with Crippen LogP contribution in [0.1, 0.15) is 59.3 Å². The number of aromatic nitrogens is 2. The van der Waals surface area contributed by atoms with Crippen LogP contribution in [0.25, 0.3) is 0 Å². The molecule has 1 aliphatic carbocycles. The molecule has 0 radical (unpaired) electrons. The van der Waals surface area contributed by atoms with Crippen LogP contribution < -0.4 is 10.1 Å². The first-order chi connectivity index (χ1) is 12.5. The number of amides is 1. The Morgan fingerprint density at radius 2 is 2.08 bits per heavy atom. The maximum absolute atomic E-state index is 13.1. The molecule has 1 aromatic heterocycles. The fourth-order valence-electron chi connectivity index (χ4n) is 4.31. The van der Waals surface area contributed by atoms with E-state index in [9.17, 15) is 4.79 Å². The number of nitrogens with one attached hydrogen (secondary N) is 1. The van der Waals surface area contributed by atoms with E-state index in [1.807, 2.05) is 13.0 Å². The lowest BCUT2D eigenvalue weighted by Gasteiger charge is -2.46. The molecule has 1 saturated carbocycles. The van der Waals surface area contributed by atoms with E-state index in [2.05, 4.69) is 34.0 Å². The summed E-state index contributed by atoms with van der Waals surface area (Å²) in [6, 6.07) is 2.18. The number of ether oxygens (including phenoxy) is 1. The van der Waals surface area contributed by atoms with Gasteiger partial charge < -0.3 is 15.0 Å². The molecule has 2 fully saturated rings. The van der Waals surface area contributed by atoms with Crippen molar-refractivity contribution < 1.29 is 9.53 Å². The van der Waals surface area contributed by atoms with Crippen molar-refractivity contribution in [3.8, 4) is 5.88 Å². The Morgan fingerprint density at radius 3 is 2.65 bits per heavy atom. The third kappa shape index (κ3) is 4.27. The fourth-order valence-corrected chi connectivity index (χ4v) is 4.31. The molecular weight excluding hydrogens is 328 g/mol. The molecule has 1 amide bonds. The average Bonchev–Trinajstić information content (AvgIpc) is 2.59. The zero-order chi connectivity index (χ0) is 18.6. The van der Waals surface area contributed by atoms with Crippen molar-refractivity contribution in [2.45, 2.75) is 65.3 Å². The van der Waals surface area contributed by atoms with Gasteiger partial charge in [0.25, 0.3) is 0 Å². The molecule has 1 aromatic rings. The Labute approximate surface area is 156 Å². The van der Waals surface area contributed by atoms with Gasteiger partial charge in [-0.15, -0.1) is 0 Å². The molecule has 1 aliphatic heterocycles. The first-order valence-corrected chi connectivity index (χ1v) is 10.0. The zero-order valence-corrected chi connectivity index (χ0v) is 16.3. The van der Waals surface area contributed by atoms with Crippen molar-refractivity contribution in [1.82, 2.24) is 14.9 Å². The topological polar surface area (TPSA) is 67.3 Å². The highest BCUT2D eigenvalue weighted by molar-refractivity contribution is 5.83. The predicted molar refractivity (Wildman–Crippen MR) is 102 cm³/mol. The van der Waals surface area contributed by atoms with Gasteiger partial charge in [-0.1, -0.05) is 20.3 Å². The van der Waals surface area contributed by atoms with Gasteiger partial charge in [0, 0.05) is 30.6 Å². The monoisotopic (exact) mass is 360 g/mol. The summed E-state index contributed by atoms with van der Waals surface area (Å²) in [6.07, 6.45) is 7.82. The van der Waals surface area contributed by atoms with Crippen molar-refractivity contribution in [2.24, 2.45) is 11.3 Å². The normalized spacial score (nSPS) is 19.9. The highest BCUT2D eigenvalue weighted by Gasteiger charge is 2.46. The first-order valence-electron chi connectivity index (χ1n) is 10.0. The van der Waals surface area contributed by atoms with Crippen LogP contribution in [0.2, 0.25) is 0 Å². The van der Waals surface area contributed by atoms with E-state index in [4.69, 9.17) is 4.74 Å². The molecule has 0 unspecified atom stereocenters. The molecule has 0 bridgehead atoms. The number of piperidine rings is 1. The van der Waals surface area contributed by atoms with Gasteiger partial charge >= 0.3 is 0 Å². The molecule has 0 aromatic carbocycles. The number of nitrogens with zero attached hydrogens (tertiary/aromatic N) is 3. The Kier molecular flexibility index (Phi) is 5.99. The van der Waals surface area contributed by atoms with Gasteiger partial charge in [0.1, 0.15) is 12.1 Å². The summed E-state index contributed by atoms with van der Waals surface area (Å²) in [5.41, 5.74) is -0.0620. The predicted octanol–water partition coefficient (Wildman–Crippen LogP) is 3.49. The van der Waals surface area contributed by atoms with Crippen LogP contribution in [0.15, 0.2) is 12.4 Å². The molecule has 1 saturated heterocycles.